The van der Waals surface area contributed by atoms with Crippen molar-refractivity contribution in [3.05, 3.63) is 52.8 Å². The van der Waals surface area contributed by atoms with Crippen molar-refractivity contribution < 1.29 is 18.3 Å². The van der Waals surface area contributed by atoms with Crippen LogP contribution in [0.15, 0.2) is 41.4 Å². The summed E-state index contributed by atoms with van der Waals surface area (Å²) in [5.41, 5.74) is 0.423. The van der Waals surface area contributed by atoms with Crippen LogP contribution in [-0.4, -0.2) is 24.5 Å². The summed E-state index contributed by atoms with van der Waals surface area (Å²) < 4.78 is 26.9. The molecule has 0 aliphatic carbocycles. The molecule has 0 saturated carbocycles. The van der Waals surface area contributed by atoms with E-state index in [1.54, 1.807) is 6.92 Å². The molecule has 0 aliphatic rings. The number of aromatic nitrogens is 1. The number of hydrogen-bond acceptors (Lipinski definition) is 4. The van der Waals surface area contributed by atoms with Crippen molar-refractivity contribution in [2.45, 2.75) is 11.8 Å². The summed E-state index contributed by atoms with van der Waals surface area (Å²) in [7, 11) is -3.90. The van der Waals surface area contributed by atoms with E-state index in [-0.39, 0.29) is 21.2 Å². The number of anilines is 1. The zero-order valence-corrected chi connectivity index (χ0v) is 12.4. The van der Waals surface area contributed by atoms with E-state index in [1.807, 2.05) is 0 Å². The van der Waals surface area contributed by atoms with Crippen LogP contribution in [0.2, 0.25) is 5.02 Å². The third kappa shape index (κ3) is 3.50. The second-order valence-electron chi connectivity index (χ2n) is 4.23. The predicted molar refractivity (Wildman–Crippen MR) is 78.2 cm³/mol. The molecule has 1 heterocycles. The van der Waals surface area contributed by atoms with Gasteiger partial charge in [-0.15, -0.1) is 0 Å². The minimum atomic E-state index is -3.90. The number of pyridine rings is 1. The highest BCUT2D eigenvalue weighted by Crippen LogP contribution is 2.21. The molecule has 6 nitrogen and oxygen atoms in total. The third-order valence-electron chi connectivity index (χ3n) is 2.66. The Morgan fingerprint density at radius 2 is 2.05 bits per heavy atom. The van der Waals surface area contributed by atoms with Crippen molar-refractivity contribution in [1.82, 2.24) is 4.98 Å². The van der Waals surface area contributed by atoms with Crippen LogP contribution >= 0.6 is 11.6 Å². The first-order chi connectivity index (χ1) is 9.79. The lowest BCUT2D eigenvalue weighted by Crippen LogP contribution is -2.15. The van der Waals surface area contributed by atoms with E-state index >= 15 is 0 Å². The van der Waals surface area contributed by atoms with Crippen molar-refractivity contribution in [3.8, 4) is 0 Å². The highest BCUT2D eigenvalue weighted by Gasteiger charge is 2.19. The monoisotopic (exact) mass is 326 g/mol. The molecule has 1 aromatic carbocycles. The molecule has 0 fully saturated rings. The summed E-state index contributed by atoms with van der Waals surface area (Å²) in [5.74, 6) is -1.14. The van der Waals surface area contributed by atoms with Gasteiger partial charge in [0.05, 0.1) is 16.3 Å². The highest BCUT2D eigenvalue weighted by molar-refractivity contribution is 7.92. The fourth-order valence-corrected chi connectivity index (χ4v) is 3.18. The first-order valence-electron chi connectivity index (χ1n) is 5.78. The van der Waals surface area contributed by atoms with Crippen LogP contribution in [0.5, 0.6) is 0 Å². The van der Waals surface area contributed by atoms with Crippen LogP contribution in [0, 0.1) is 6.92 Å². The zero-order valence-electron chi connectivity index (χ0n) is 10.9. The Bertz CT molecular complexity index is 806. The lowest BCUT2D eigenvalue weighted by atomic mass is 10.2. The number of hydrogen-bond donors (Lipinski definition) is 2. The number of aromatic carboxylic acids is 1. The van der Waals surface area contributed by atoms with Gasteiger partial charge in [-0.25, -0.2) is 13.2 Å². The zero-order chi connectivity index (χ0) is 15.6. The Kier molecular flexibility index (Phi) is 4.15. The fourth-order valence-electron chi connectivity index (χ4n) is 1.69. The molecule has 0 amide bonds. The molecular weight excluding hydrogens is 316 g/mol. The molecule has 0 saturated heterocycles. The second kappa shape index (κ2) is 5.71. The molecule has 1 aromatic heterocycles. The first kappa shape index (κ1) is 15.3. The van der Waals surface area contributed by atoms with E-state index in [0.29, 0.717) is 5.69 Å². The van der Waals surface area contributed by atoms with Crippen molar-refractivity contribution in [2.24, 2.45) is 0 Å². The molecule has 0 spiro atoms. The number of carboxylic acids is 1. The topological polar surface area (TPSA) is 96.4 Å². The van der Waals surface area contributed by atoms with Crippen LogP contribution in [0.25, 0.3) is 0 Å². The van der Waals surface area contributed by atoms with Gasteiger partial charge in [-0.2, -0.15) is 0 Å². The van der Waals surface area contributed by atoms with E-state index in [2.05, 4.69) is 9.71 Å². The van der Waals surface area contributed by atoms with Crippen molar-refractivity contribution in [2.75, 3.05) is 4.72 Å². The smallest absolute Gasteiger partial charge is 0.335 e. The average molecular weight is 327 g/mol. The summed E-state index contributed by atoms with van der Waals surface area (Å²) in [4.78, 5) is 14.7. The van der Waals surface area contributed by atoms with Gasteiger partial charge in [0.1, 0.15) is 4.90 Å². The summed E-state index contributed by atoms with van der Waals surface area (Å²) in [6.07, 6.45) is 1.35. The second-order valence-corrected chi connectivity index (χ2v) is 6.32. The molecule has 8 heteroatoms. The number of aryl methyl sites for hydroxylation is 1. The van der Waals surface area contributed by atoms with Crippen molar-refractivity contribution in [3.63, 3.8) is 0 Å². The molecule has 2 aromatic rings. The van der Waals surface area contributed by atoms with Gasteiger partial charge in [0.15, 0.2) is 0 Å². The predicted octanol–water partition coefficient (Wildman–Crippen LogP) is 2.54. The van der Waals surface area contributed by atoms with E-state index < -0.39 is 16.0 Å². The summed E-state index contributed by atoms with van der Waals surface area (Å²) in [6.45, 7) is 1.54. The molecule has 0 aliphatic heterocycles. The van der Waals surface area contributed by atoms with Gasteiger partial charge in [-0.1, -0.05) is 17.7 Å². The molecule has 0 bridgehead atoms. The lowest BCUT2D eigenvalue weighted by molar-refractivity contribution is 0.0697. The van der Waals surface area contributed by atoms with Gasteiger partial charge < -0.3 is 5.11 Å². The van der Waals surface area contributed by atoms with Crippen molar-refractivity contribution >= 4 is 33.3 Å². The Morgan fingerprint density at radius 1 is 1.33 bits per heavy atom. The molecular formula is C13H11ClN2O4S. The maximum atomic E-state index is 12.3. The highest BCUT2D eigenvalue weighted by atomic mass is 35.5. The Morgan fingerprint density at radius 3 is 2.71 bits per heavy atom. The first-order valence-corrected chi connectivity index (χ1v) is 7.64. The van der Waals surface area contributed by atoms with Crippen LogP contribution in [0.3, 0.4) is 0 Å². The lowest BCUT2D eigenvalue weighted by Gasteiger charge is -2.10. The third-order valence-corrected chi connectivity index (χ3v) is 4.36. The maximum absolute atomic E-state index is 12.3. The Hall–Kier alpha value is -2.12. The van der Waals surface area contributed by atoms with Crippen LogP contribution in [0.1, 0.15) is 16.1 Å². The largest absolute Gasteiger partial charge is 0.478 e. The molecule has 21 heavy (non-hydrogen) atoms. The molecule has 0 unspecified atom stereocenters. The quantitative estimate of drug-likeness (QED) is 0.900. The number of benzene rings is 1. The molecule has 2 rings (SSSR count). The standard InChI is InChI=1S/C13H11ClN2O4S/c1-8-12(6-10(14)7-15-8)21(19,20)16-11-4-2-3-9(5-11)13(17)18/h2-7,16H,1H3,(H,17,18). The van der Waals surface area contributed by atoms with Gasteiger partial charge >= 0.3 is 5.97 Å². The van der Waals surface area contributed by atoms with E-state index in [9.17, 15) is 13.2 Å². The van der Waals surface area contributed by atoms with Gasteiger partial charge in [-0.05, 0) is 31.2 Å². The van der Waals surface area contributed by atoms with Crippen LogP contribution < -0.4 is 4.72 Å². The minimum absolute atomic E-state index is 0.0175. The maximum Gasteiger partial charge on any atom is 0.335 e. The number of halogens is 1. The van der Waals surface area contributed by atoms with Crippen LogP contribution in [0.4, 0.5) is 5.69 Å². The van der Waals surface area contributed by atoms with Gasteiger partial charge in [0.25, 0.3) is 10.0 Å². The molecule has 0 atom stereocenters. The number of rotatable bonds is 4. The number of nitrogens with one attached hydrogen (secondary N) is 1. The SMILES string of the molecule is Cc1ncc(Cl)cc1S(=O)(=O)Nc1cccc(C(=O)O)c1. The Labute approximate surface area is 126 Å². The van der Waals surface area contributed by atoms with Crippen LogP contribution in [-0.2, 0) is 10.0 Å². The summed E-state index contributed by atoms with van der Waals surface area (Å²) in [6, 6.07) is 6.79. The van der Waals surface area contributed by atoms with Crippen molar-refractivity contribution in [1.29, 1.82) is 0 Å². The van der Waals surface area contributed by atoms with E-state index in [1.165, 1.54) is 36.5 Å². The fraction of sp³-hybridized carbons (Fsp3) is 0.0769. The number of sulfonamides is 1. The summed E-state index contributed by atoms with van der Waals surface area (Å²) in [5, 5.41) is 9.10. The number of carboxylic acid groups (broad SMARTS) is 1. The molecule has 0 radical (unpaired) electrons. The van der Waals surface area contributed by atoms with Gasteiger partial charge in [0.2, 0.25) is 0 Å². The number of carbonyl (C=O) groups is 1. The minimum Gasteiger partial charge on any atom is -0.478 e. The Balaban J connectivity index is 2.40. The summed E-state index contributed by atoms with van der Waals surface area (Å²) >= 11 is 5.76. The normalized spacial score (nSPS) is 11.1. The van der Waals surface area contributed by atoms with E-state index in [0.717, 1.165) is 0 Å². The van der Waals surface area contributed by atoms with Gasteiger partial charge in [0, 0.05) is 11.9 Å². The molecule has 2 N–H and O–H groups in total. The van der Waals surface area contributed by atoms with E-state index in [4.69, 9.17) is 16.7 Å². The average Bonchev–Trinajstić information content (AvgIpc) is 2.41. The number of nitrogens with zero attached hydrogens (tertiary/aromatic N) is 1. The molecule has 110 valence electrons. The van der Waals surface area contributed by atoms with Gasteiger partial charge in [-0.3, -0.25) is 9.71 Å².